The van der Waals surface area contributed by atoms with Crippen LogP contribution in [0.15, 0.2) is 18.3 Å². The SMILES string of the molecule is Nc1ccnc(NCC(O)C(F)(F)F)c1. The Morgan fingerprint density at radius 1 is 1.53 bits per heavy atom. The van der Waals surface area contributed by atoms with Gasteiger partial charge < -0.3 is 16.2 Å². The summed E-state index contributed by atoms with van der Waals surface area (Å²) >= 11 is 0. The Labute approximate surface area is 83.9 Å². The van der Waals surface area contributed by atoms with E-state index in [4.69, 9.17) is 10.8 Å². The Hall–Kier alpha value is -1.50. The average molecular weight is 221 g/mol. The normalized spacial score (nSPS) is 13.6. The van der Waals surface area contributed by atoms with Crippen LogP contribution >= 0.6 is 0 Å². The Kier molecular flexibility index (Phi) is 3.35. The predicted molar refractivity (Wildman–Crippen MR) is 49.2 cm³/mol. The first-order valence-corrected chi connectivity index (χ1v) is 4.10. The maximum atomic E-state index is 11.9. The maximum Gasteiger partial charge on any atom is 0.416 e. The molecule has 4 N–H and O–H groups in total. The largest absolute Gasteiger partial charge is 0.416 e. The van der Waals surface area contributed by atoms with Crippen molar-refractivity contribution in [1.29, 1.82) is 0 Å². The summed E-state index contributed by atoms with van der Waals surface area (Å²) in [4.78, 5) is 3.72. The first-order chi connectivity index (χ1) is 6.89. The highest BCUT2D eigenvalue weighted by molar-refractivity contribution is 5.48. The van der Waals surface area contributed by atoms with Crippen LogP contribution in [0.3, 0.4) is 0 Å². The third kappa shape index (κ3) is 3.62. The van der Waals surface area contributed by atoms with Gasteiger partial charge in [0.2, 0.25) is 0 Å². The third-order valence-corrected chi connectivity index (χ3v) is 1.64. The predicted octanol–water partition coefficient (Wildman–Crippen LogP) is 0.999. The molecule has 0 amide bonds. The quantitative estimate of drug-likeness (QED) is 0.712. The lowest BCUT2D eigenvalue weighted by Crippen LogP contribution is -2.35. The van der Waals surface area contributed by atoms with E-state index in [0.717, 1.165) is 0 Å². The summed E-state index contributed by atoms with van der Waals surface area (Å²) in [6.07, 6.45) is -5.69. The highest BCUT2D eigenvalue weighted by Gasteiger charge is 2.37. The molecule has 0 saturated carbocycles. The van der Waals surface area contributed by atoms with Gasteiger partial charge in [0.25, 0.3) is 0 Å². The summed E-state index contributed by atoms with van der Waals surface area (Å²) in [5, 5.41) is 11.0. The standard InChI is InChI=1S/C8H10F3N3O/c9-8(10,11)6(15)4-14-7-3-5(12)1-2-13-7/h1-3,6,15H,4H2,(H3,12,13,14). The number of hydrogen-bond acceptors (Lipinski definition) is 4. The molecule has 1 heterocycles. The lowest BCUT2D eigenvalue weighted by atomic mass is 10.3. The zero-order chi connectivity index (χ0) is 11.5. The van der Waals surface area contributed by atoms with Gasteiger partial charge in [0, 0.05) is 18.0 Å². The van der Waals surface area contributed by atoms with Crippen molar-refractivity contribution in [1.82, 2.24) is 4.98 Å². The highest BCUT2D eigenvalue weighted by atomic mass is 19.4. The van der Waals surface area contributed by atoms with Crippen LogP contribution in [0, 0.1) is 0 Å². The number of aromatic nitrogens is 1. The zero-order valence-electron chi connectivity index (χ0n) is 7.62. The average Bonchev–Trinajstić information content (AvgIpc) is 2.12. The van der Waals surface area contributed by atoms with Crippen molar-refractivity contribution in [3.8, 4) is 0 Å². The van der Waals surface area contributed by atoms with Crippen LogP contribution in [0.2, 0.25) is 0 Å². The Bertz CT molecular complexity index is 329. The molecule has 4 nitrogen and oxygen atoms in total. The van der Waals surface area contributed by atoms with Crippen molar-refractivity contribution in [2.45, 2.75) is 12.3 Å². The van der Waals surface area contributed by atoms with Crippen molar-refractivity contribution >= 4 is 11.5 Å². The number of aliphatic hydroxyl groups is 1. The van der Waals surface area contributed by atoms with Gasteiger partial charge in [0.15, 0.2) is 6.10 Å². The van der Waals surface area contributed by atoms with Crippen LogP contribution in [0.4, 0.5) is 24.7 Å². The minimum atomic E-state index is -4.63. The summed E-state index contributed by atoms with van der Waals surface area (Å²) in [5.74, 6) is 0.193. The molecule has 1 aromatic heterocycles. The number of nitrogen functional groups attached to an aromatic ring is 1. The van der Waals surface area contributed by atoms with E-state index in [1.165, 1.54) is 18.3 Å². The molecule has 0 aromatic carbocycles. The molecule has 0 bridgehead atoms. The molecule has 0 saturated heterocycles. The van der Waals surface area contributed by atoms with Gasteiger partial charge in [-0.15, -0.1) is 0 Å². The molecule has 1 atom stereocenters. The second kappa shape index (κ2) is 4.35. The molecule has 0 fully saturated rings. The van der Waals surface area contributed by atoms with Crippen molar-refractivity contribution in [2.24, 2.45) is 0 Å². The molecule has 0 spiro atoms. The van der Waals surface area contributed by atoms with Gasteiger partial charge in [-0.05, 0) is 6.07 Å². The monoisotopic (exact) mass is 221 g/mol. The Morgan fingerprint density at radius 3 is 2.73 bits per heavy atom. The number of rotatable bonds is 3. The Morgan fingerprint density at radius 2 is 2.20 bits per heavy atom. The molecular weight excluding hydrogens is 211 g/mol. The van der Waals surface area contributed by atoms with Crippen molar-refractivity contribution in [3.05, 3.63) is 18.3 Å². The van der Waals surface area contributed by atoms with Crippen LogP contribution in [0.5, 0.6) is 0 Å². The third-order valence-electron chi connectivity index (χ3n) is 1.64. The highest BCUT2D eigenvalue weighted by Crippen LogP contribution is 2.20. The zero-order valence-corrected chi connectivity index (χ0v) is 7.62. The van der Waals surface area contributed by atoms with Crippen LogP contribution in [0.1, 0.15) is 0 Å². The summed E-state index contributed by atoms with van der Waals surface area (Å²) in [5.41, 5.74) is 5.77. The van der Waals surface area contributed by atoms with Gasteiger partial charge in [-0.1, -0.05) is 0 Å². The number of hydrogen-bond donors (Lipinski definition) is 3. The van der Waals surface area contributed by atoms with E-state index in [2.05, 4.69) is 10.3 Å². The fourth-order valence-electron chi connectivity index (χ4n) is 0.861. The maximum absolute atomic E-state index is 11.9. The number of aliphatic hydroxyl groups excluding tert-OH is 1. The molecule has 0 aliphatic rings. The van der Waals surface area contributed by atoms with Crippen LogP contribution in [-0.2, 0) is 0 Å². The van der Waals surface area contributed by atoms with E-state index in [-0.39, 0.29) is 5.82 Å². The van der Waals surface area contributed by atoms with Crippen LogP contribution in [-0.4, -0.2) is 28.9 Å². The fourth-order valence-corrected chi connectivity index (χ4v) is 0.861. The van der Waals surface area contributed by atoms with Gasteiger partial charge in [0.05, 0.1) is 6.54 Å². The summed E-state index contributed by atoms with van der Waals surface area (Å²) in [6.45, 7) is -0.653. The first-order valence-electron chi connectivity index (χ1n) is 4.10. The summed E-state index contributed by atoms with van der Waals surface area (Å²) in [7, 11) is 0. The first kappa shape index (κ1) is 11.6. The topological polar surface area (TPSA) is 71.2 Å². The fraction of sp³-hybridized carbons (Fsp3) is 0.375. The van der Waals surface area contributed by atoms with E-state index in [1.807, 2.05) is 0 Å². The van der Waals surface area contributed by atoms with Crippen molar-refractivity contribution in [3.63, 3.8) is 0 Å². The number of anilines is 2. The molecular formula is C8H10F3N3O. The lowest BCUT2D eigenvalue weighted by Gasteiger charge is -2.15. The van der Waals surface area contributed by atoms with Crippen LogP contribution < -0.4 is 11.1 Å². The number of alkyl halides is 3. The van der Waals surface area contributed by atoms with Crippen molar-refractivity contribution in [2.75, 3.05) is 17.6 Å². The molecule has 7 heteroatoms. The Balaban J connectivity index is 2.51. The molecule has 1 rings (SSSR count). The molecule has 0 aliphatic carbocycles. The smallest absolute Gasteiger partial charge is 0.399 e. The number of nitrogens with one attached hydrogen (secondary N) is 1. The number of nitrogens with zero attached hydrogens (tertiary/aromatic N) is 1. The number of nitrogens with two attached hydrogens (primary N) is 1. The summed E-state index contributed by atoms with van der Waals surface area (Å²) < 4.78 is 35.7. The van der Waals surface area contributed by atoms with Gasteiger partial charge in [-0.3, -0.25) is 0 Å². The molecule has 1 unspecified atom stereocenters. The van der Waals surface area contributed by atoms with Gasteiger partial charge in [0.1, 0.15) is 5.82 Å². The second-order valence-corrected chi connectivity index (χ2v) is 2.91. The lowest BCUT2D eigenvalue weighted by molar-refractivity contribution is -0.198. The summed E-state index contributed by atoms with van der Waals surface area (Å²) in [6, 6.07) is 2.88. The minimum Gasteiger partial charge on any atom is -0.399 e. The molecule has 1 aromatic rings. The van der Waals surface area contributed by atoms with E-state index >= 15 is 0 Å². The van der Waals surface area contributed by atoms with Crippen LogP contribution in [0.25, 0.3) is 0 Å². The number of halogens is 3. The van der Waals surface area contributed by atoms with E-state index in [0.29, 0.717) is 5.69 Å². The van der Waals surface area contributed by atoms with E-state index in [1.54, 1.807) is 0 Å². The van der Waals surface area contributed by atoms with Gasteiger partial charge in [-0.25, -0.2) is 4.98 Å². The van der Waals surface area contributed by atoms with E-state index in [9.17, 15) is 13.2 Å². The molecule has 84 valence electrons. The molecule has 0 aliphatic heterocycles. The van der Waals surface area contributed by atoms with Crippen molar-refractivity contribution < 1.29 is 18.3 Å². The second-order valence-electron chi connectivity index (χ2n) is 2.91. The molecule has 15 heavy (non-hydrogen) atoms. The van der Waals surface area contributed by atoms with Gasteiger partial charge >= 0.3 is 6.18 Å². The minimum absolute atomic E-state index is 0.193. The van der Waals surface area contributed by atoms with Gasteiger partial charge in [-0.2, -0.15) is 13.2 Å². The van der Waals surface area contributed by atoms with E-state index < -0.39 is 18.8 Å². The molecule has 0 radical (unpaired) electrons. The number of pyridine rings is 1.